The van der Waals surface area contributed by atoms with Gasteiger partial charge in [-0.25, -0.2) is 19.0 Å². The van der Waals surface area contributed by atoms with Crippen LogP contribution in [0.1, 0.15) is 32.3 Å². The summed E-state index contributed by atoms with van der Waals surface area (Å²) in [5.74, 6) is 1.29. The molecule has 0 fully saturated rings. The van der Waals surface area contributed by atoms with Crippen LogP contribution in [0.2, 0.25) is 0 Å². The van der Waals surface area contributed by atoms with Crippen LogP contribution in [0.3, 0.4) is 0 Å². The number of fused-ring (bicyclic) bond motifs is 1. The van der Waals surface area contributed by atoms with Gasteiger partial charge in [-0.1, -0.05) is 26.0 Å². The summed E-state index contributed by atoms with van der Waals surface area (Å²) in [6.45, 7) is 7.41. The van der Waals surface area contributed by atoms with Crippen LogP contribution in [0, 0.1) is 0 Å². The number of halogens is 1. The zero-order valence-corrected chi connectivity index (χ0v) is 15.3. The Morgan fingerprint density at radius 1 is 1.19 bits per heavy atom. The summed E-state index contributed by atoms with van der Waals surface area (Å²) in [5, 5.41) is 13.2. The fraction of sp³-hybridized carbons (Fsp3) is 0.471. The molecule has 0 saturated carbocycles. The second kappa shape index (κ2) is 5.86. The highest BCUT2D eigenvalue weighted by Gasteiger charge is 2.26. The lowest BCUT2D eigenvalue weighted by Gasteiger charge is -2.22. The van der Waals surface area contributed by atoms with Crippen molar-refractivity contribution in [2.45, 2.75) is 32.7 Å². The first-order chi connectivity index (χ1) is 12.3. The number of aryl methyl sites for hydroxylation is 1. The molecule has 26 heavy (non-hydrogen) atoms. The fourth-order valence-electron chi connectivity index (χ4n) is 2.92. The molecule has 8 nitrogen and oxygen atoms in total. The molecule has 0 radical (unpaired) electrons. The van der Waals surface area contributed by atoms with E-state index >= 15 is 0 Å². The number of anilines is 1. The Balaban J connectivity index is 1.84. The van der Waals surface area contributed by atoms with Crippen LogP contribution in [-0.4, -0.2) is 47.8 Å². The van der Waals surface area contributed by atoms with Crippen LogP contribution in [-0.2, 0) is 19.0 Å². The molecule has 0 spiro atoms. The van der Waals surface area contributed by atoms with Gasteiger partial charge < -0.3 is 4.90 Å². The maximum atomic E-state index is 13.6. The van der Waals surface area contributed by atoms with E-state index < -0.39 is 0 Å². The molecular formula is C17H21FN8. The topological polar surface area (TPSA) is 77.5 Å². The van der Waals surface area contributed by atoms with Gasteiger partial charge in [0.25, 0.3) is 0 Å². The number of nitrogens with zero attached hydrogens (tertiary/aromatic N) is 8. The Morgan fingerprint density at radius 2 is 2.00 bits per heavy atom. The zero-order valence-electron chi connectivity index (χ0n) is 15.3. The summed E-state index contributed by atoms with van der Waals surface area (Å²) in [7, 11) is 1.84. The molecule has 0 amide bonds. The van der Waals surface area contributed by atoms with Crippen LogP contribution >= 0.6 is 0 Å². The molecule has 4 heterocycles. The number of rotatable bonds is 3. The van der Waals surface area contributed by atoms with E-state index in [4.69, 9.17) is 9.97 Å². The molecule has 0 aromatic carbocycles. The summed E-state index contributed by atoms with van der Waals surface area (Å²) in [4.78, 5) is 11.4. The monoisotopic (exact) mass is 356 g/mol. The van der Waals surface area contributed by atoms with Crippen LogP contribution in [0.5, 0.6) is 0 Å². The number of hydrogen-bond donors (Lipinski definition) is 0. The normalized spacial score (nSPS) is 15.1. The first kappa shape index (κ1) is 16.6. The van der Waals surface area contributed by atoms with Gasteiger partial charge in [-0.2, -0.15) is 5.10 Å². The minimum atomic E-state index is -0.238. The predicted molar refractivity (Wildman–Crippen MR) is 95.5 cm³/mol. The summed E-state index contributed by atoms with van der Waals surface area (Å²) in [5.41, 5.74) is 1.41. The third-order valence-electron chi connectivity index (χ3n) is 4.44. The van der Waals surface area contributed by atoms with Crippen LogP contribution in [0.15, 0.2) is 24.3 Å². The van der Waals surface area contributed by atoms with Crippen molar-refractivity contribution in [2.24, 2.45) is 7.05 Å². The van der Waals surface area contributed by atoms with Gasteiger partial charge in [0.05, 0.1) is 36.6 Å². The van der Waals surface area contributed by atoms with E-state index in [1.807, 2.05) is 16.6 Å². The van der Waals surface area contributed by atoms with E-state index in [0.29, 0.717) is 18.9 Å². The summed E-state index contributed by atoms with van der Waals surface area (Å²) in [6.07, 6.45) is 5.04. The fourth-order valence-corrected chi connectivity index (χ4v) is 2.92. The van der Waals surface area contributed by atoms with Crippen molar-refractivity contribution in [3.63, 3.8) is 0 Å². The van der Waals surface area contributed by atoms with E-state index in [-0.39, 0.29) is 17.8 Å². The van der Waals surface area contributed by atoms with E-state index in [9.17, 15) is 4.39 Å². The third kappa shape index (κ3) is 2.83. The summed E-state index contributed by atoms with van der Waals surface area (Å²) in [6, 6.07) is 0. The molecule has 1 aliphatic rings. The Hall–Kier alpha value is -2.84. The van der Waals surface area contributed by atoms with E-state index in [2.05, 4.69) is 36.2 Å². The van der Waals surface area contributed by atoms with E-state index in [1.54, 1.807) is 23.2 Å². The highest BCUT2D eigenvalue weighted by atomic mass is 19.1. The van der Waals surface area contributed by atoms with Crippen LogP contribution < -0.4 is 4.90 Å². The third-order valence-corrected chi connectivity index (χ3v) is 4.44. The summed E-state index contributed by atoms with van der Waals surface area (Å²) >= 11 is 0. The highest BCUT2D eigenvalue weighted by Crippen LogP contribution is 2.30. The van der Waals surface area contributed by atoms with Gasteiger partial charge in [0.15, 0.2) is 5.65 Å². The molecule has 136 valence electrons. The summed E-state index contributed by atoms with van der Waals surface area (Å²) < 4.78 is 17.2. The van der Waals surface area contributed by atoms with Gasteiger partial charge in [0.1, 0.15) is 17.5 Å². The van der Waals surface area contributed by atoms with Crippen molar-refractivity contribution in [2.75, 3.05) is 18.0 Å². The Bertz CT molecular complexity index is 994. The van der Waals surface area contributed by atoms with Gasteiger partial charge in [0, 0.05) is 19.0 Å². The minimum absolute atomic E-state index is 0.137. The molecule has 1 aliphatic heterocycles. The standard InChI is InChI=1S/C17H21FN8/c1-17(2,3)16-21-14(25-6-5-11(18)9-25)13-8-20-26(15(13)22-16)10-12-7-19-23-24(12)4/h5,7-8H,6,9-10H2,1-4H3. The maximum Gasteiger partial charge on any atom is 0.164 e. The minimum Gasteiger partial charge on any atom is -0.345 e. The van der Waals surface area contributed by atoms with Gasteiger partial charge in [0.2, 0.25) is 0 Å². The quantitative estimate of drug-likeness (QED) is 0.714. The number of aromatic nitrogens is 7. The zero-order chi connectivity index (χ0) is 18.5. The van der Waals surface area contributed by atoms with Crippen molar-refractivity contribution < 1.29 is 4.39 Å². The Labute approximate surface area is 150 Å². The maximum absolute atomic E-state index is 13.6. The molecule has 0 N–H and O–H groups in total. The van der Waals surface area contributed by atoms with Crippen molar-refractivity contribution in [3.8, 4) is 0 Å². The molecular weight excluding hydrogens is 335 g/mol. The highest BCUT2D eigenvalue weighted by molar-refractivity contribution is 5.87. The van der Waals surface area contributed by atoms with Crippen molar-refractivity contribution in [1.29, 1.82) is 0 Å². The largest absolute Gasteiger partial charge is 0.345 e. The second-order valence-electron chi connectivity index (χ2n) is 7.54. The second-order valence-corrected chi connectivity index (χ2v) is 7.54. The lowest BCUT2D eigenvalue weighted by atomic mass is 9.95. The molecule has 4 rings (SSSR count). The van der Waals surface area contributed by atoms with Gasteiger partial charge in [-0.3, -0.25) is 4.68 Å². The lowest BCUT2D eigenvalue weighted by Crippen LogP contribution is -2.24. The number of hydrogen-bond acceptors (Lipinski definition) is 6. The van der Waals surface area contributed by atoms with Crippen molar-refractivity contribution in [1.82, 2.24) is 34.7 Å². The molecule has 3 aromatic heterocycles. The van der Waals surface area contributed by atoms with Gasteiger partial charge in [-0.05, 0) is 6.08 Å². The first-order valence-corrected chi connectivity index (χ1v) is 8.50. The molecule has 0 saturated heterocycles. The molecule has 0 unspecified atom stereocenters. The van der Waals surface area contributed by atoms with Crippen LogP contribution in [0.25, 0.3) is 11.0 Å². The van der Waals surface area contributed by atoms with E-state index in [1.165, 1.54) is 0 Å². The smallest absolute Gasteiger partial charge is 0.164 e. The van der Waals surface area contributed by atoms with E-state index in [0.717, 1.165) is 22.5 Å². The molecule has 9 heteroatoms. The Kier molecular flexibility index (Phi) is 3.74. The van der Waals surface area contributed by atoms with Crippen molar-refractivity contribution >= 4 is 16.9 Å². The average Bonchev–Trinajstić information content (AvgIpc) is 3.28. The van der Waals surface area contributed by atoms with Crippen LogP contribution in [0.4, 0.5) is 10.2 Å². The average molecular weight is 356 g/mol. The van der Waals surface area contributed by atoms with Crippen molar-refractivity contribution in [3.05, 3.63) is 35.8 Å². The van der Waals surface area contributed by atoms with Gasteiger partial charge in [-0.15, -0.1) is 5.10 Å². The molecule has 0 aliphatic carbocycles. The molecule has 0 atom stereocenters. The predicted octanol–water partition coefficient (Wildman–Crippen LogP) is 1.97. The van der Waals surface area contributed by atoms with Gasteiger partial charge >= 0.3 is 0 Å². The Morgan fingerprint density at radius 3 is 2.62 bits per heavy atom. The molecule has 0 bridgehead atoms. The SMILES string of the molecule is Cn1nncc1Cn1ncc2c(N3CC=C(F)C3)nc(C(C)(C)C)nc21. The first-order valence-electron chi connectivity index (χ1n) is 8.50. The lowest BCUT2D eigenvalue weighted by molar-refractivity contribution is 0.544. The molecule has 3 aromatic rings.